The Balaban J connectivity index is 1.78. The van der Waals surface area contributed by atoms with E-state index in [9.17, 15) is 14.0 Å². The van der Waals surface area contributed by atoms with E-state index in [1.54, 1.807) is 17.0 Å². The van der Waals surface area contributed by atoms with Crippen molar-refractivity contribution in [3.05, 3.63) is 30.1 Å². The first-order chi connectivity index (χ1) is 11.2. The van der Waals surface area contributed by atoms with Crippen molar-refractivity contribution in [3.8, 4) is 0 Å². The van der Waals surface area contributed by atoms with Gasteiger partial charge >= 0.3 is 12.1 Å². The highest BCUT2D eigenvalue weighted by molar-refractivity contribution is 5.89. The van der Waals surface area contributed by atoms with E-state index >= 15 is 0 Å². The second kappa shape index (κ2) is 7.51. The molecule has 0 aromatic heterocycles. The SMILES string of the molecule is CC(C)(C)OC(=O)NC1CCN(C(=O)Nc2cccc(F)c2)CC1. The van der Waals surface area contributed by atoms with E-state index in [2.05, 4.69) is 10.6 Å². The van der Waals surface area contributed by atoms with Crippen LogP contribution >= 0.6 is 0 Å². The van der Waals surface area contributed by atoms with Gasteiger partial charge in [0.15, 0.2) is 0 Å². The van der Waals surface area contributed by atoms with E-state index in [4.69, 9.17) is 4.74 Å². The van der Waals surface area contributed by atoms with Gasteiger partial charge in [0, 0.05) is 24.8 Å². The average Bonchev–Trinajstić information content (AvgIpc) is 2.45. The molecule has 2 rings (SSSR count). The van der Waals surface area contributed by atoms with Gasteiger partial charge in [0.25, 0.3) is 0 Å². The highest BCUT2D eigenvalue weighted by Gasteiger charge is 2.25. The van der Waals surface area contributed by atoms with Crippen LogP contribution in [0.2, 0.25) is 0 Å². The van der Waals surface area contributed by atoms with Crippen molar-refractivity contribution in [3.63, 3.8) is 0 Å². The highest BCUT2D eigenvalue weighted by Crippen LogP contribution is 2.15. The van der Waals surface area contributed by atoms with Gasteiger partial charge in [0.05, 0.1) is 0 Å². The van der Waals surface area contributed by atoms with Crippen LogP contribution in [-0.4, -0.2) is 41.8 Å². The third kappa shape index (κ3) is 5.72. The normalized spacial score (nSPS) is 15.8. The van der Waals surface area contributed by atoms with E-state index < -0.39 is 17.5 Å². The number of carbonyl (C=O) groups is 2. The third-order valence-electron chi connectivity index (χ3n) is 3.58. The van der Waals surface area contributed by atoms with Crippen molar-refractivity contribution in [2.45, 2.75) is 45.3 Å². The van der Waals surface area contributed by atoms with E-state index in [0.29, 0.717) is 31.6 Å². The molecule has 0 spiro atoms. The maximum Gasteiger partial charge on any atom is 0.407 e. The molecule has 1 aromatic rings. The summed E-state index contributed by atoms with van der Waals surface area (Å²) in [5, 5.41) is 5.50. The number of halogens is 1. The molecule has 2 N–H and O–H groups in total. The summed E-state index contributed by atoms with van der Waals surface area (Å²) >= 11 is 0. The average molecular weight is 337 g/mol. The van der Waals surface area contributed by atoms with Crippen molar-refractivity contribution in [1.82, 2.24) is 10.2 Å². The molecule has 1 fully saturated rings. The molecular formula is C17H24FN3O3. The molecule has 0 radical (unpaired) electrons. The zero-order chi connectivity index (χ0) is 17.7. The Labute approximate surface area is 141 Å². The standard InChI is InChI=1S/C17H24FN3O3/c1-17(2,3)24-16(23)20-13-7-9-21(10-8-13)15(22)19-14-6-4-5-12(18)11-14/h4-6,11,13H,7-10H2,1-3H3,(H,19,22)(H,20,23). The van der Waals surface area contributed by atoms with Crippen molar-refractivity contribution < 1.29 is 18.7 Å². The van der Waals surface area contributed by atoms with Crippen LogP contribution in [0.25, 0.3) is 0 Å². The molecule has 0 unspecified atom stereocenters. The number of nitrogens with zero attached hydrogens (tertiary/aromatic N) is 1. The molecule has 1 saturated heterocycles. The zero-order valence-electron chi connectivity index (χ0n) is 14.3. The molecule has 132 valence electrons. The summed E-state index contributed by atoms with van der Waals surface area (Å²) < 4.78 is 18.4. The molecule has 0 aliphatic carbocycles. The summed E-state index contributed by atoms with van der Waals surface area (Å²) in [4.78, 5) is 25.6. The number of likely N-dealkylation sites (tertiary alicyclic amines) is 1. The summed E-state index contributed by atoms with van der Waals surface area (Å²) in [6.07, 6.45) is 0.858. The number of nitrogens with one attached hydrogen (secondary N) is 2. The number of hydrogen-bond acceptors (Lipinski definition) is 3. The Morgan fingerprint density at radius 3 is 2.50 bits per heavy atom. The molecule has 0 bridgehead atoms. The number of alkyl carbamates (subject to hydrolysis) is 1. The highest BCUT2D eigenvalue weighted by atomic mass is 19.1. The van der Waals surface area contributed by atoms with Gasteiger partial charge in [0.2, 0.25) is 0 Å². The van der Waals surface area contributed by atoms with E-state index in [-0.39, 0.29) is 12.1 Å². The Hall–Kier alpha value is -2.31. The molecule has 1 aliphatic rings. The lowest BCUT2D eigenvalue weighted by Gasteiger charge is -2.32. The van der Waals surface area contributed by atoms with Gasteiger partial charge < -0.3 is 20.3 Å². The van der Waals surface area contributed by atoms with Crippen LogP contribution in [0.1, 0.15) is 33.6 Å². The fourth-order valence-corrected chi connectivity index (χ4v) is 2.47. The number of benzene rings is 1. The Morgan fingerprint density at radius 1 is 1.25 bits per heavy atom. The number of hydrogen-bond donors (Lipinski definition) is 2. The van der Waals surface area contributed by atoms with Crippen LogP contribution in [0.3, 0.4) is 0 Å². The molecule has 7 heteroatoms. The first kappa shape index (κ1) is 18.0. The number of amides is 3. The quantitative estimate of drug-likeness (QED) is 0.869. The van der Waals surface area contributed by atoms with Gasteiger partial charge in [0.1, 0.15) is 11.4 Å². The van der Waals surface area contributed by atoms with Gasteiger partial charge in [-0.2, -0.15) is 0 Å². The van der Waals surface area contributed by atoms with Gasteiger partial charge in [-0.05, 0) is 51.8 Å². The monoisotopic (exact) mass is 337 g/mol. The van der Waals surface area contributed by atoms with Crippen LogP contribution in [0, 0.1) is 5.82 Å². The van der Waals surface area contributed by atoms with E-state index in [1.807, 2.05) is 20.8 Å². The fraction of sp³-hybridized carbons (Fsp3) is 0.529. The lowest BCUT2D eigenvalue weighted by Crippen LogP contribution is -2.48. The van der Waals surface area contributed by atoms with Crippen molar-refractivity contribution in [2.24, 2.45) is 0 Å². The molecule has 6 nitrogen and oxygen atoms in total. The van der Waals surface area contributed by atoms with Crippen molar-refractivity contribution >= 4 is 17.8 Å². The number of piperidine rings is 1. The van der Waals surface area contributed by atoms with Gasteiger partial charge in [-0.15, -0.1) is 0 Å². The Kier molecular flexibility index (Phi) is 5.64. The minimum atomic E-state index is -0.532. The third-order valence-corrected chi connectivity index (χ3v) is 3.58. The summed E-state index contributed by atoms with van der Waals surface area (Å²) in [6, 6.07) is 5.49. The minimum absolute atomic E-state index is 0.0157. The van der Waals surface area contributed by atoms with Crippen LogP contribution < -0.4 is 10.6 Å². The van der Waals surface area contributed by atoms with Crippen LogP contribution in [-0.2, 0) is 4.74 Å². The molecule has 3 amide bonds. The topological polar surface area (TPSA) is 70.7 Å². The van der Waals surface area contributed by atoms with Crippen LogP contribution in [0.5, 0.6) is 0 Å². The number of anilines is 1. The maximum absolute atomic E-state index is 13.1. The lowest BCUT2D eigenvalue weighted by molar-refractivity contribution is 0.0486. The Bertz CT molecular complexity index is 593. The largest absolute Gasteiger partial charge is 0.444 e. The van der Waals surface area contributed by atoms with Crippen molar-refractivity contribution in [1.29, 1.82) is 0 Å². The first-order valence-electron chi connectivity index (χ1n) is 8.04. The second-order valence-electron chi connectivity index (χ2n) is 6.85. The predicted octanol–water partition coefficient (Wildman–Crippen LogP) is 3.35. The molecule has 0 saturated carbocycles. The lowest BCUT2D eigenvalue weighted by atomic mass is 10.1. The number of carbonyl (C=O) groups excluding carboxylic acids is 2. The summed E-state index contributed by atoms with van der Waals surface area (Å²) in [5.41, 5.74) is -0.107. The molecule has 24 heavy (non-hydrogen) atoms. The summed E-state index contributed by atoms with van der Waals surface area (Å²) in [7, 11) is 0. The Morgan fingerprint density at radius 2 is 1.92 bits per heavy atom. The molecule has 1 aliphatic heterocycles. The van der Waals surface area contributed by atoms with Crippen molar-refractivity contribution in [2.75, 3.05) is 18.4 Å². The van der Waals surface area contributed by atoms with Gasteiger partial charge in [-0.25, -0.2) is 14.0 Å². The first-order valence-corrected chi connectivity index (χ1v) is 8.04. The molecule has 1 aromatic carbocycles. The van der Waals surface area contributed by atoms with Gasteiger partial charge in [-0.1, -0.05) is 6.07 Å². The zero-order valence-corrected chi connectivity index (χ0v) is 14.3. The maximum atomic E-state index is 13.1. The van der Waals surface area contributed by atoms with Crippen LogP contribution in [0.4, 0.5) is 19.7 Å². The van der Waals surface area contributed by atoms with Crippen LogP contribution in [0.15, 0.2) is 24.3 Å². The number of ether oxygens (including phenoxy) is 1. The molecular weight excluding hydrogens is 313 g/mol. The molecule has 1 heterocycles. The smallest absolute Gasteiger partial charge is 0.407 e. The summed E-state index contributed by atoms with van der Waals surface area (Å²) in [5.74, 6) is -0.395. The van der Waals surface area contributed by atoms with Gasteiger partial charge in [-0.3, -0.25) is 0 Å². The van der Waals surface area contributed by atoms with E-state index in [1.165, 1.54) is 12.1 Å². The summed E-state index contributed by atoms with van der Waals surface area (Å²) in [6.45, 7) is 6.47. The predicted molar refractivity (Wildman–Crippen MR) is 89.4 cm³/mol. The van der Waals surface area contributed by atoms with E-state index in [0.717, 1.165) is 0 Å². The minimum Gasteiger partial charge on any atom is -0.444 e. The fourth-order valence-electron chi connectivity index (χ4n) is 2.47. The number of urea groups is 1. The number of rotatable bonds is 2. The molecule has 0 atom stereocenters. The second-order valence-corrected chi connectivity index (χ2v) is 6.85.